The number of methoxy groups -OCH3 is 2. The van der Waals surface area contributed by atoms with Crippen LogP contribution < -0.4 is 0 Å². The van der Waals surface area contributed by atoms with Crippen molar-refractivity contribution in [2.75, 3.05) is 14.2 Å². The Morgan fingerprint density at radius 1 is 0.744 bits per heavy atom. The molecule has 0 heterocycles. The van der Waals surface area contributed by atoms with Crippen molar-refractivity contribution in [3.63, 3.8) is 0 Å². The van der Waals surface area contributed by atoms with E-state index in [0.717, 1.165) is 24.3 Å². The largest absolute Gasteiger partial charge is 0.455 e. The van der Waals surface area contributed by atoms with Crippen molar-refractivity contribution in [1.29, 1.82) is 0 Å². The quantitative estimate of drug-likeness (QED) is 0.191. The fraction of sp³-hybridized carbons (Fsp3) is 0.385. The topological polar surface area (TPSA) is 71.1 Å². The number of halogens is 7. The Morgan fingerprint density at radius 3 is 1.54 bits per heavy atom. The van der Waals surface area contributed by atoms with Gasteiger partial charge in [0.2, 0.25) is 0 Å². The molecule has 0 N–H and O–H groups in total. The van der Waals surface area contributed by atoms with E-state index in [-0.39, 0.29) is 16.4 Å². The van der Waals surface area contributed by atoms with Crippen LogP contribution in [0.15, 0.2) is 70.3 Å². The normalized spacial score (nSPS) is 21.2. The highest BCUT2D eigenvalue weighted by molar-refractivity contribution is 14.1. The van der Waals surface area contributed by atoms with Crippen molar-refractivity contribution in [3.8, 4) is 0 Å². The molecule has 0 fully saturated rings. The van der Waals surface area contributed by atoms with Crippen LogP contribution in [0.4, 0.5) is 26.3 Å². The number of benzene rings is 2. The summed E-state index contributed by atoms with van der Waals surface area (Å²) in [5, 5.41) is 0. The van der Waals surface area contributed by atoms with Gasteiger partial charge in [0, 0.05) is 28.9 Å². The zero-order valence-electron chi connectivity index (χ0n) is 20.5. The molecule has 1 aliphatic rings. The highest BCUT2D eigenvalue weighted by Crippen LogP contribution is 2.46. The summed E-state index contributed by atoms with van der Waals surface area (Å²) < 4.78 is 106. The molecule has 3 rings (SSSR count). The second kappa shape index (κ2) is 11.8. The highest BCUT2D eigenvalue weighted by Gasteiger charge is 2.66. The van der Waals surface area contributed by atoms with Crippen LogP contribution in [-0.2, 0) is 39.7 Å². The van der Waals surface area contributed by atoms with Crippen molar-refractivity contribution in [2.45, 2.75) is 48.6 Å². The van der Waals surface area contributed by atoms with Gasteiger partial charge in [-0.1, -0.05) is 66.7 Å². The second-order valence-corrected chi connectivity index (χ2v) is 9.68. The minimum absolute atomic E-state index is 0.139. The average Bonchev–Trinajstić information content (AvgIpc) is 2.87. The van der Waals surface area contributed by atoms with Crippen LogP contribution in [0.3, 0.4) is 0 Å². The molecule has 0 unspecified atom stereocenters. The molecule has 212 valence electrons. The highest BCUT2D eigenvalue weighted by atomic mass is 127. The van der Waals surface area contributed by atoms with Crippen molar-refractivity contribution in [1.82, 2.24) is 0 Å². The summed E-state index contributed by atoms with van der Waals surface area (Å²) in [7, 11) is 1.36. The second-order valence-electron chi connectivity index (χ2n) is 8.43. The molecule has 0 aromatic heterocycles. The van der Waals surface area contributed by atoms with Crippen LogP contribution in [-0.4, -0.2) is 50.7 Å². The number of hydrogen-bond acceptors (Lipinski definition) is 6. The molecule has 0 radical (unpaired) electrons. The van der Waals surface area contributed by atoms with E-state index in [9.17, 15) is 35.9 Å². The third-order valence-electron chi connectivity index (χ3n) is 6.24. The summed E-state index contributed by atoms with van der Waals surface area (Å²) in [5.74, 6) is -3.74. The number of rotatable bonds is 8. The molecule has 0 amide bonds. The van der Waals surface area contributed by atoms with E-state index >= 15 is 0 Å². The third kappa shape index (κ3) is 5.66. The van der Waals surface area contributed by atoms with Gasteiger partial charge in [0.1, 0.15) is 6.10 Å². The molecule has 0 bridgehead atoms. The van der Waals surface area contributed by atoms with E-state index in [4.69, 9.17) is 18.9 Å². The monoisotopic (exact) mass is 672 g/mol. The summed E-state index contributed by atoms with van der Waals surface area (Å²) in [6.45, 7) is 0. The lowest BCUT2D eigenvalue weighted by atomic mass is 9.91. The van der Waals surface area contributed by atoms with Crippen LogP contribution in [0.2, 0.25) is 0 Å². The smallest absolute Gasteiger partial charge is 0.432 e. The van der Waals surface area contributed by atoms with Crippen molar-refractivity contribution in [3.05, 3.63) is 81.4 Å². The maximum absolute atomic E-state index is 14.3. The lowest BCUT2D eigenvalue weighted by Gasteiger charge is -2.38. The van der Waals surface area contributed by atoms with Crippen molar-refractivity contribution in [2.24, 2.45) is 0 Å². The lowest BCUT2D eigenvalue weighted by Crippen LogP contribution is -2.55. The van der Waals surface area contributed by atoms with Crippen LogP contribution >= 0.6 is 22.6 Å². The Bertz CT molecular complexity index is 1190. The minimum atomic E-state index is -5.29. The van der Waals surface area contributed by atoms with E-state index in [2.05, 4.69) is 0 Å². The van der Waals surface area contributed by atoms with Crippen LogP contribution in [0.25, 0.3) is 0 Å². The number of allylic oxidation sites excluding steroid dienone is 1. The molecule has 0 saturated heterocycles. The maximum Gasteiger partial charge on any atom is 0.432 e. The van der Waals surface area contributed by atoms with E-state index in [1.165, 1.54) is 42.5 Å². The molecular formula is C26H23F6IO6. The molecule has 2 aromatic carbocycles. The van der Waals surface area contributed by atoms with E-state index in [1.807, 2.05) is 0 Å². The zero-order chi connectivity index (χ0) is 29.1. The Hall–Kier alpha value is -2.65. The lowest BCUT2D eigenvalue weighted by molar-refractivity contribution is -0.284. The van der Waals surface area contributed by atoms with E-state index in [0.29, 0.717) is 14.2 Å². The predicted molar refractivity (Wildman–Crippen MR) is 133 cm³/mol. The van der Waals surface area contributed by atoms with Crippen molar-refractivity contribution < 1.29 is 54.9 Å². The standard InChI is InChI=1S/C26H23F6IO6/c1-36-23(25(27,28)29,16-10-5-3-6-11-16)21(34)38-19-15-9-14-18(33)20(19)39-22(35)24(37-2,26(30,31)32)17-12-7-4-8-13-17/h3-8,10-14,19-20H,9,15H2,1-2H3/t19-,20-,23-,24-/m0/s1. The van der Waals surface area contributed by atoms with Gasteiger partial charge in [0.25, 0.3) is 11.2 Å². The molecule has 39 heavy (non-hydrogen) atoms. The summed E-state index contributed by atoms with van der Waals surface area (Å²) in [5.41, 5.74) is -8.24. The van der Waals surface area contributed by atoms with Gasteiger partial charge in [0.15, 0.2) is 6.10 Å². The number of alkyl halides is 6. The molecule has 0 saturated carbocycles. The number of ether oxygens (including phenoxy) is 4. The zero-order valence-corrected chi connectivity index (χ0v) is 22.7. The summed E-state index contributed by atoms with van der Waals surface area (Å²) in [6, 6.07) is 12.0. The van der Waals surface area contributed by atoms with Gasteiger partial charge in [0.05, 0.1) is 0 Å². The first-order valence-corrected chi connectivity index (χ1v) is 12.5. The van der Waals surface area contributed by atoms with Crippen molar-refractivity contribution >= 4 is 34.5 Å². The van der Waals surface area contributed by atoms with Gasteiger partial charge in [-0.15, -0.1) is 0 Å². The first-order chi connectivity index (χ1) is 18.3. The fourth-order valence-corrected chi connectivity index (χ4v) is 5.12. The Labute approximate surface area is 233 Å². The van der Waals surface area contributed by atoms with Crippen LogP contribution in [0.5, 0.6) is 0 Å². The SMILES string of the molecule is CO[C@](C(=O)O[C@H]1CCC=C(I)[C@@H]1OC(=O)[C@@](OC)(c1ccccc1)C(F)(F)F)(c1ccccc1)C(F)(F)F. The average molecular weight is 672 g/mol. The molecule has 6 nitrogen and oxygen atoms in total. The molecule has 0 spiro atoms. The van der Waals surface area contributed by atoms with Gasteiger partial charge in [-0.05, 0) is 35.4 Å². The predicted octanol–water partition coefficient (Wildman–Crippen LogP) is 6.13. The number of esters is 2. The molecule has 13 heteroatoms. The third-order valence-corrected chi connectivity index (χ3v) is 7.29. The number of carbonyl (C=O) groups is 2. The van der Waals surface area contributed by atoms with Gasteiger partial charge in [-0.2, -0.15) is 26.3 Å². The molecule has 0 aliphatic heterocycles. The summed E-state index contributed by atoms with van der Waals surface area (Å²) >= 11 is 1.67. The Morgan fingerprint density at radius 2 is 1.15 bits per heavy atom. The van der Waals surface area contributed by atoms with E-state index in [1.54, 1.807) is 22.6 Å². The van der Waals surface area contributed by atoms with Gasteiger partial charge in [-0.25, -0.2) is 9.59 Å². The van der Waals surface area contributed by atoms with Gasteiger partial charge < -0.3 is 18.9 Å². The first-order valence-electron chi connectivity index (χ1n) is 11.4. The molecule has 4 atom stereocenters. The van der Waals surface area contributed by atoms with Crippen LogP contribution in [0, 0.1) is 0 Å². The molecule has 1 aliphatic carbocycles. The Kier molecular flexibility index (Phi) is 9.38. The maximum atomic E-state index is 14.3. The summed E-state index contributed by atoms with van der Waals surface area (Å²) in [4.78, 5) is 26.3. The van der Waals surface area contributed by atoms with Gasteiger partial charge in [-0.3, -0.25) is 0 Å². The molecular weight excluding hydrogens is 649 g/mol. The Balaban J connectivity index is 1.99. The van der Waals surface area contributed by atoms with E-state index < -0.39 is 58.8 Å². The minimum Gasteiger partial charge on any atom is -0.455 e. The molecule has 2 aromatic rings. The fourth-order valence-electron chi connectivity index (χ4n) is 4.28. The summed E-state index contributed by atoms with van der Waals surface area (Å²) in [6.07, 6.45) is -12.2. The van der Waals surface area contributed by atoms with Gasteiger partial charge >= 0.3 is 24.3 Å². The number of carbonyl (C=O) groups excluding carboxylic acids is 2. The van der Waals surface area contributed by atoms with Crippen LogP contribution in [0.1, 0.15) is 24.0 Å². The first kappa shape index (κ1) is 30.9. The number of hydrogen-bond donors (Lipinski definition) is 0.